The van der Waals surface area contributed by atoms with E-state index in [1.54, 1.807) is 25.1 Å². The van der Waals surface area contributed by atoms with Gasteiger partial charge in [0, 0.05) is 41.7 Å². The van der Waals surface area contributed by atoms with Gasteiger partial charge in [0.05, 0.1) is 11.9 Å². The number of hydrogen-bond donors (Lipinski definition) is 1. The lowest BCUT2D eigenvalue weighted by Gasteiger charge is -2.30. The smallest absolute Gasteiger partial charge is 0.242 e. The van der Waals surface area contributed by atoms with Crippen LogP contribution in [0.15, 0.2) is 36.4 Å². The Balaban J connectivity index is 2.23. The van der Waals surface area contributed by atoms with Gasteiger partial charge in [-0.05, 0) is 62.9 Å². The van der Waals surface area contributed by atoms with Crippen LogP contribution in [0.5, 0.6) is 0 Å². The normalized spacial score (nSPS) is 12.2. The van der Waals surface area contributed by atoms with Gasteiger partial charge in [-0.15, -0.1) is 0 Å². The molecule has 0 aliphatic heterocycles. The molecule has 2 aromatic rings. The van der Waals surface area contributed by atoms with Crippen molar-refractivity contribution in [1.82, 2.24) is 10.2 Å². The van der Waals surface area contributed by atoms with E-state index in [1.807, 2.05) is 39.0 Å². The zero-order chi connectivity index (χ0) is 27.8. The molecule has 1 unspecified atom stereocenters. The highest BCUT2D eigenvalue weighted by Gasteiger charge is 2.28. The second-order valence-electron chi connectivity index (χ2n) is 9.27. The molecule has 0 radical (unpaired) electrons. The maximum absolute atomic E-state index is 13.4. The lowest BCUT2D eigenvalue weighted by Crippen LogP contribution is -2.48. The lowest BCUT2D eigenvalue weighted by atomic mass is 10.1. The molecule has 0 aromatic heterocycles. The highest BCUT2D eigenvalue weighted by molar-refractivity contribution is 7.92. The summed E-state index contributed by atoms with van der Waals surface area (Å²) in [5, 5.41) is 3.68. The van der Waals surface area contributed by atoms with Gasteiger partial charge < -0.3 is 10.2 Å². The molecule has 0 saturated carbocycles. The molecule has 7 nitrogen and oxygen atoms in total. The summed E-state index contributed by atoms with van der Waals surface area (Å²) < 4.78 is 26.5. The fourth-order valence-corrected chi connectivity index (χ4v) is 5.47. The Labute approximate surface area is 231 Å². The first-order valence-electron chi connectivity index (χ1n) is 12.4. The minimum Gasteiger partial charge on any atom is -0.354 e. The summed E-state index contributed by atoms with van der Waals surface area (Å²) >= 11 is 12.7. The number of nitrogens with zero attached hydrogens (tertiary/aromatic N) is 2. The Bertz CT molecular complexity index is 1180. The molecular weight excluding hydrogens is 533 g/mol. The molecule has 2 rings (SSSR count). The summed E-state index contributed by atoms with van der Waals surface area (Å²) in [5.74, 6) is -0.554. The van der Waals surface area contributed by atoms with E-state index in [9.17, 15) is 18.0 Å². The van der Waals surface area contributed by atoms with Crippen LogP contribution in [-0.2, 0) is 26.2 Å². The Morgan fingerprint density at radius 2 is 1.70 bits per heavy atom. The topological polar surface area (TPSA) is 86.8 Å². The molecule has 2 aromatic carbocycles. The van der Waals surface area contributed by atoms with Crippen molar-refractivity contribution in [2.45, 2.75) is 66.0 Å². The molecule has 10 heteroatoms. The molecule has 37 heavy (non-hydrogen) atoms. The summed E-state index contributed by atoms with van der Waals surface area (Å²) in [5.41, 5.74) is 2.92. The SMILES string of the molecule is CCCCNC(=O)C(C)N(Cc1c(Cl)cccc1Cl)C(=O)CCCN(c1cc(C)ccc1C)S(C)(=O)=O. The summed E-state index contributed by atoms with van der Waals surface area (Å²) in [6.45, 7) is 8.17. The van der Waals surface area contributed by atoms with Gasteiger partial charge >= 0.3 is 0 Å². The Hall–Kier alpha value is -2.29. The van der Waals surface area contributed by atoms with Crippen LogP contribution in [-0.4, -0.2) is 50.5 Å². The maximum atomic E-state index is 13.4. The average Bonchev–Trinajstić information content (AvgIpc) is 2.82. The van der Waals surface area contributed by atoms with E-state index in [2.05, 4.69) is 5.32 Å². The fraction of sp³-hybridized carbons (Fsp3) is 0.481. The molecule has 0 bridgehead atoms. The van der Waals surface area contributed by atoms with Crippen molar-refractivity contribution in [1.29, 1.82) is 0 Å². The van der Waals surface area contributed by atoms with Gasteiger partial charge in [0.2, 0.25) is 21.8 Å². The van der Waals surface area contributed by atoms with Crippen LogP contribution >= 0.6 is 23.2 Å². The van der Waals surface area contributed by atoms with Crippen LogP contribution in [0.2, 0.25) is 10.0 Å². The molecule has 1 N–H and O–H groups in total. The Morgan fingerprint density at radius 3 is 2.30 bits per heavy atom. The van der Waals surface area contributed by atoms with Gasteiger partial charge in [-0.2, -0.15) is 0 Å². The number of sulfonamides is 1. The van der Waals surface area contributed by atoms with E-state index in [4.69, 9.17) is 23.2 Å². The van der Waals surface area contributed by atoms with E-state index in [-0.39, 0.29) is 37.7 Å². The number of benzene rings is 2. The van der Waals surface area contributed by atoms with Gasteiger partial charge in [0.1, 0.15) is 6.04 Å². The summed E-state index contributed by atoms with van der Waals surface area (Å²) in [6.07, 6.45) is 3.25. The molecule has 0 fully saturated rings. The highest BCUT2D eigenvalue weighted by Crippen LogP contribution is 2.28. The average molecular weight is 571 g/mol. The first kappa shape index (κ1) is 30.9. The van der Waals surface area contributed by atoms with Crippen molar-refractivity contribution < 1.29 is 18.0 Å². The van der Waals surface area contributed by atoms with Crippen molar-refractivity contribution in [3.8, 4) is 0 Å². The fourth-order valence-electron chi connectivity index (χ4n) is 3.94. The second kappa shape index (κ2) is 14.0. The Kier molecular flexibility index (Phi) is 11.7. The Morgan fingerprint density at radius 1 is 1.05 bits per heavy atom. The van der Waals surface area contributed by atoms with Crippen LogP contribution in [0.4, 0.5) is 5.69 Å². The molecule has 0 saturated heterocycles. The van der Waals surface area contributed by atoms with Crippen molar-refractivity contribution in [3.05, 3.63) is 63.1 Å². The van der Waals surface area contributed by atoms with Crippen LogP contribution in [0.1, 0.15) is 56.2 Å². The standard InChI is InChI=1S/C27H37Cl2N3O4S/c1-6-7-15-30-27(34)21(4)31(18-22-23(28)10-8-11-24(22)29)26(33)12-9-16-32(37(5,35)36)25-17-19(2)13-14-20(25)3/h8,10-11,13-14,17,21H,6-7,9,12,15-16,18H2,1-5H3,(H,30,34). The summed E-state index contributed by atoms with van der Waals surface area (Å²) in [7, 11) is -3.57. The maximum Gasteiger partial charge on any atom is 0.242 e. The van der Waals surface area contributed by atoms with Crippen LogP contribution in [0, 0.1) is 13.8 Å². The molecule has 204 valence electrons. The molecule has 0 aliphatic carbocycles. The number of nitrogens with one attached hydrogen (secondary N) is 1. The van der Waals surface area contributed by atoms with E-state index in [1.165, 1.54) is 9.21 Å². The third-order valence-corrected chi connectivity index (χ3v) is 8.06. The molecule has 2 amide bonds. The molecule has 0 aliphatic rings. The van der Waals surface area contributed by atoms with E-state index < -0.39 is 16.1 Å². The van der Waals surface area contributed by atoms with Crippen LogP contribution in [0.3, 0.4) is 0 Å². The highest BCUT2D eigenvalue weighted by atomic mass is 35.5. The summed E-state index contributed by atoms with van der Waals surface area (Å²) in [4.78, 5) is 27.7. The largest absolute Gasteiger partial charge is 0.354 e. The van der Waals surface area contributed by atoms with Gasteiger partial charge in [0.25, 0.3) is 0 Å². The minimum absolute atomic E-state index is 0.0472. The third kappa shape index (κ3) is 8.90. The molecule has 1 atom stereocenters. The van der Waals surface area contributed by atoms with Gasteiger partial charge in [-0.3, -0.25) is 13.9 Å². The van der Waals surface area contributed by atoms with E-state index in [0.29, 0.717) is 27.8 Å². The third-order valence-electron chi connectivity index (χ3n) is 6.17. The zero-order valence-corrected chi connectivity index (χ0v) is 24.5. The number of carbonyl (C=O) groups is 2. The zero-order valence-electron chi connectivity index (χ0n) is 22.2. The first-order chi connectivity index (χ1) is 17.4. The lowest BCUT2D eigenvalue weighted by molar-refractivity contribution is -0.140. The molecule has 0 heterocycles. The minimum atomic E-state index is -3.57. The van der Waals surface area contributed by atoms with Crippen molar-refractivity contribution in [2.24, 2.45) is 0 Å². The second-order valence-corrected chi connectivity index (χ2v) is 12.0. The van der Waals surface area contributed by atoms with Crippen molar-refractivity contribution >= 4 is 50.7 Å². The number of hydrogen-bond acceptors (Lipinski definition) is 4. The van der Waals surface area contributed by atoms with Crippen molar-refractivity contribution in [3.63, 3.8) is 0 Å². The summed E-state index contributed by atoms with van der Waals surface area (Å²) in [6, 6.07) is 9.95. The molecular formula is C27H37Cl2N3O4S. The molecule has 0 spiro atoms. The number of unbranched alkanes of at least 4 members (excludes halogenated alkanes) is 1. The number of anilines is 1. The monoisotopic (exact) mass is 569 g/mol. The van der Waals surface area contributed by atoms with Gasteiger partial charge in [-0.1, -0.05) is 54.7 Å². The number of halogens is 2. The number of carbonyl (C=O) groups excluding carboxylic acids is 2. The predicted octanol–water partition coefficient (Wildman–Crippen LogP) is 5.49. The van der Waals surface area contributed by atoms with E-state index >= 15 is 0 Å². The quantitative estimate of drug-likeness (QED) is 0.323. The number of rotatable bonds is 13. The first-order valence-corrected chi connectivity index (χ1v) is 15.0. The van der Waals surface area contributed by atoms with Crippen LogP contribution < -0.4 is 9.62 Å². The number of amides is 2. The van der Waals surface area contributed by atoms with E-state index in [0.717, 1.165) is 30.2 Å². The number of aryl methyl sites for hydroxylation is 2. The predicted molar refractivity (Wildman–Crippen MR) is 152 cm³/mol. The van der Waals surface area contributed by atoms with Crippen molar-refractivity contribution in [2.75, 3.05) is 23.7 Å². The van der Waals surface area contributed by atoms with Gasteiger partial charge in [0.15, 0.2) is 0 Å². The van der Waals surface area contributed by atoms with Crippen LogP contribution in [0.25, 0.3) is 0 Å². The van der Waals surface area contributed by atoms with Gasteiger partial charge in [-0.25, -0.2) is 8.42 Å².